The van der Waals surface area contributed by atoms with Crippen LogP contribution in [-0.4, -0.2) is 74.8 Å². The zero-order valence-corrected chi connectivity index (χ0v) is 37.2. The molecule has 17 heteroatoms. The van der Waals surface area contributed by atoms with Crippen LogP contribution in [0, 0.1) is 11.8 Å². The van der Waals surface area contributed by atoms with E-state index in [0.29, 0.717) is 63.4 Å². The second-order valence-electron chi connectivity index (χ2n) is 17.0. The first-order valence-corrected chi connectivity index (χ1v) is 21.9. The Labute approximate surface area is 387 Å². The highest BCUT2D eigenvalue weighted by molar-refractivity contribution is 5.91. The zero-order chi connectivity index (χ0) is 47.0. The van der Waals surface area contributed by atoms with Crippen molar-refractivity contribution in [2.75, 3.05) is 41.3 Å². The fraction of sp³-hybridized carbons (Fsp3) is 0.294. The van der Waals surface area contributed by atoms with Crippen LogP contribution in [0.2, 0.25) is 0 Å². The highest BCUT2D eigenvalue weighted by atomic mass is 16.7. The van der Waals surface area contributed by atoms with Gasteiger partial charge in [0.25, 0.3) is 5.56 Å². The van der Waals surface area contributed by atoms with E-state index in [0.717, 1.165) is 16.5 Å². The number of ether oxygens (including phenoxy) is 10. The van der Waals surface area contributed by atoms with E-state index in [-0.39, 0.29) is 54.4 Å². The second-order valence-corrected chi connectivity index (χ2v) is 17.0. The Morgan fingerprint density at radius 2 is 1.57 bits per heavy atom. The molecule has 5 aliphatic rings. The molecule has 1 fully saturated rings. The van der Waals surface area contributed by atoms with E-state index in [1.807, 2.05) is 30.3 Å². The van der Waals surface area contributed by atoms with Crippen LogP contribution in [-0.2, 0) is 52.1 Å². The van der Waals surface area contributed by atoms with Gasteiger partial charge in [-0.1, -0.05) is 25.1 Å². The Hall–Kier alpha value is -8.08. The van der Waals surface area contributed by atoms with Gasteiger partial charge in [-0.2, -0.15) is 0 Å². The number of benzene rings is 4. The third-order valence-corrected chi connectivity index (χ3v) is 13.5. The van der Waals surface area contributed by atoms with Crippen molar-refractivity contribution >= 4 is 34.8 Å². The van der Waals surface area contributed by atoms with Gasteiger partial charge < -0.3 is 51.9 Å². The van der Waals surface area contributed by atoms with E-state index in [4.69, 9.17) is 52.4 Å². The number of hydrogen-bond donors (Lipinski definition) is 0. The number of para-hydroxylation sites is 1. The van der Waals surface area contributed by atoms with Crippen LogP contribution >= 0.6 is 0 Å². The molecule has 2 aromatic heterocycles. The predicted molar refractivity (Wildman–Crippen MR) is 237 cm³/mol. The Kier molecular flexibility index (Phi) is 10.2. The summed E-state index contributed by atoms with van der Waals surface area (Å²) < 4.78 is 59.1. The summed E-state index contributed by atoms with van der Waals surface area (Å²) in [4.78, 5) is 73.6. The lowest BCUT2D eigenvalue weighted by Gasteiger charge is -2.38. The van der Waals surface area contributed by atoms with Crippen LogP contribution in [0.5, 0.6) is 34.5 Å². The second kappa shape index (κ2) is 16.4. The van der Waals surface area contributed by atoms with Gasteiger partial charge in [0.15, 0.2) is 29.6 Å². The molecule has 4 aliphatic heterocycles. The lowest BCUT2D eigenvalue weighted by atomic mass is 9.66. The van der Waals surface area contributed by atoms with E-state index >= 15 is 0 Å². The molecule has 6 aromatic rings. The number of hydrogen-bond acceptors (Lipinski definition) is 16. The van der Waals surface area contributed by atoms with Crippen molar-refractivity contribution in [2.45, 2.75) is 44.1 Å². The van der Waals surface area contributed by atoms with Gasteiger partial charge in [0.1, 0.15) is 18.5 Å². The Balaban J connectivity index is 0.825. The average molecular weight is 923 g/mol. The van der Waals surface area contributed by atoms with Crippen molar-refractivity contribution in [1.29, 1.82) is 0 Å². The third kappa shape index (κ3) is 6.66. The summed E-state index contributed by atoms with van der Waals surface area (Å²) in [5.41, 5.74) is 3.02. The van der Waals surface area contributed by atoms with Gasteiger partial charge in [-0.3, -0.25) is 9.59 Å². The number of nitrogens with zero attached hydrogens (tertiary/aromatic N) is 2. The molecule has 1 saturated heterocycles. The van der Waals surface area contributed by atoms with Crippen molar-refractivity contribution in [3.05, 3.63) is 134 Å². The maximum atomic E-state index is 14.0. The number of cyclic esters (lactones) is 2. The van der Waals surface area contributed by atoms with Crippen molar-refractivity contribution < 1.29 is 66.5 Å². The number of esters is 4. The molecule has 11 rings (SSSR count). The molecular weight excluding hydrogens is 881 g/mol. The normalized spacial score (nSPS) is 21.3. The maximum absolute atomic E-state index is 14.0. The largest absolute Gasteiger partial charge is 0.493 e. The van der Waals surface area contributed by atoms with E-state index in [9.17, 15) is 24.0 Å². The third-order valence-electron chi connectivity index (χ3n) is 13.5. The van der Waals surface area contributed by atoms with E-state index in [1.165, 1.54) is 45.6 Å². The monoisotopic (exact) mass is 922 g/mol. The molecule has 1 aliphatic carbocycles. The molecule has 3 unspecified atom stereocenters. The number of fused-ring (bicyclic) bond motifs is 8. The number of carbonyl (C=O) groups excluding carboxylic acids is 4. The first-order chi connectivity index (χ1) is 33.0. The number of rotatable bonds is 11. The fourth-order valence-electron chi connectivity index (χ4n) is 10.3. The molecule has 68 heavy (non-hydrogen) atoms. The van der Waals surface area contributed by atoms with Crippen molar-refractivity contribution in [3.8, 4) is 45.9 Å². The zero-order valence-electron chi connectivity index (χ0n) is 37.2. The lowest BCUT2D eigenvalue weighted by molar-refractivity contribution is -0.190. The number of carbonyl (C=O) groups is 4. The number of pyridine rings is 2. The van der Waals surface area contributed by atoms with E-state index in [2.05, 4.69) is 0 Å². The van der Waals surface area contributed by atoms with Crippen LogP contribution < -0.4 is 34.0 Å². The molecule has 5 atom stereocenters. The topological polar surface area (TPSA) is 195 Å². The fourth-order valence-corrected chi connectivity index (χ4v) is 10.3. The maximum Gasteiger partial charge on any atom is 0.355 e. The molecular formula is C51H42N2O15. The van der Waals surface area contributed by atoms with Crippen LogP contribution in [0.3, 0.4) is 0 Å². The van der Waals surface area contributed by atoms with Crippen molar-refractivity contribution in [1.82, 2.24) is 9.55 Å². The van der Waals surface area contributed by atoms with Crippen LogP contribution in [0.1, 0.15) is 69.1 Å². The highest BCUT2D eigenvalue weighted by Gasteiger charge is 2.55. The molecule has 0 amide bonds. The SMILES string of the molecule is CC[C@@]1(OC(=O)COc2ccc(C(=O)O[C@H]3c4cc5c(cc4C(c4cc(OC)c(OC)c(OC)c4)C4C(=O)OCC43)OCO5)cc2)C(=O)OCc2c1cc1n(c2=O)Cc2cc3ccccc3nc2-1. The summed E-state index contributed by atoms with van der Waals surface area (Å²) in [6, 6.07) is 24.4. The molecule has 0 bridgehead atoms. The summed E-state index contributed by atoms with van der Waals surface area (Å²) in [5.74, 6) is -2.48. The van der Waals surface area contributed by atoms with Gasteiger partial charge in [-0.05, 0) is 84.3 Å². The minimum absolute atomic E-state index is 0.00694. The minimum Gasteiger partial charge on any atom is -0.493 e. The Morgan fingerprint density at radius 1 is 0.838 bits per heavy atom. The summed E-state index contributed by atoms with van der Waals surface area (Å²) in [6.45, 7) is 1.05. The van der Waals surface area contributed by atoms with Gasteiger partial charge in [0.05, 0.1) is 68.4 Å². The Bertz CT molecular complexity index is 3160. The van der Waals surface area contributed by atoms with Gasteiger partial charge in [0.2, 0.25) is 18.1 Å². The van der Waals surface area contributed by atoms with Gasteiger partial charge in [-0.15, -0.1) is 0 Å². The van der Waals surface area contributed by atoms with Gasteiger partial charge in [0, 0.05) is 33.9 Å². The average Bonchev–Trinajstić information content (AvgIpc) is 4.09. The molecule has 0 N–H and O–H groups in total. The van der Waals surface area contributed by atoms with Crippen LogP contribution in [0.25, 0.3) is 22.3 Å². The van der Waals surface area contributed by atoms with Crippen LogP contribution in [0.4, 0.5) is 0 Å². The van der Waals surface area contributed by atoms with Gasteiger partial charge in [-0.25, -0.2) is 19.4 Å². The molecule has 346 valence electrons. The molecule has 4 aromatic carbocycles. The number of aromatic nitrogens is 2. The summed E-state index contributed by atoms with van der Waals surface area (Å²) in [5, 5.41) is 0.933. The minimum atomic E-state index is -1.92. The predicted octanol–water partition coefficient (Wildman–Crippen LogP) is 6.30. The van der Waals surface area contributed by atoms with E-state index in [1.54, 1.807) is 41.8 Å². The smallest absolute Gasteiger partial charge is 0.355 e. The van der Waals surface area contributed by atoms with Crippen molar-refractivity contribution in [3.63, 3.8) is 0 Å². The first kappa shape index (κ1) is 42.5. The summed E-state index contributed by atoms with van der Waals surface area (Å²) in [6.07, 6.45) is -0.956. The summed E-state index contributed by atoms with van der Waals surface area (Å²) in [7, 11) is 4.52. The first-order valence-electron chi connectivity index (χ1n) is 21.9. The van der Waals surface area contributed by atoms with Gasteiger partial charge >= 0.3 is 23.9 Å². The quantitative estimate of drug-likeness (QED) is 0.104. The summed E-state index contributed by atoms with van der Waals surface area (Å²) >= 11 is 0. The standard InChI is InChI=1S/C51H42N2O15/c1-5-51(34-19-36-44-28(14-26-8-6-7-9-35(26)52-44)20-53(36)47(55)32(34)21-64-50(51)58)68-41(54)23-62-29-12-10-25(11-13-29)48(56)67-45-31-18-38-37(65-24-66-38)17-30(31)42(43-33(45)22-63-49(43)57)27-15-39(59-2)46(61-4)40(16-27)60-3/h6-19,33,42-43,45H,5,20-24H2,1-4H3/t33?,42?,43?,45-,51-/m0/s1. The van der Waals surface area contributed by atoms with E-state index < -0.39 is 59.9 Å². The lowest BCUT2D eigenvalue weighted by Crippen LogP contribution is -2.48. The Morgan fingerprint density at radius 3 is 2.29 bits per heavy atom. The molecule has 17 nitrogen and oxygen atoms in total. The molecule has 0 spiro atoms. The molecule has 6 heterocycles. The van der Waals surface area contributed by atoms with Crippen molar-refractivity contribution in [2.24, 2.45) is 11.8 Å². The van der Waals surface area contributed by atoms with Crippen LogP contribution in [0.15, 0.2) is 89.7 Å². The highest BCUT2D eigenvalue weighted by Crippen LogP contribution is 2.57. The molecule has 0 radical (unpaired) electrons. The molecule has 0 saturated carbocycles. The number of methoxy groups -OCH3 is 3.